The van der Waals surface area contributed by atoms with Gasteiger partial charge in [-0.2, -0.15) is 4.98 Å². The SMILES string of the molecule is Nc1nc(Br)n(CC2CCCS2(=O)=O)n1. The first kappa shape index (κ1) is 10.9. The highest BCUT2D eigenvalue weighted by Gasteiger charge is 2.32. The summed E-state index contributed by atoms with van der Waals surface area (Å²) in [6, 6.07) is 0. The van der Waals surface area contributed by atoms with Crippen molar-refractivity contribution in [3.8, 4) is 0 Å². The van der Waals surface area contributed by atoms with E-state index in [1.54, 1.807) is 0 Å². The third kappa shape index (κ3) is 2.15. The summed E-state index contributed by atoms with van der Waals surface area (Å²) in [5.74, 6) is 0.427. The Labute approximate surface area is 95.9 Å². The molecule has 0 amide bonds. The highest BCUT2D eigenvalue weighted by molar-refractivity contribution is 9.10. The highest BCUT2D eigenvalue weighted by Crippen LogP contribution is 2.22. The molecule has 1 aliphatic rings. The summed E-state index contributed by atoms with van der Waals surface area (Å²) in [5.41, 5.74) is 5.40. The first-order valence-electron chi connectivity index (χ1n) is 4.56. The van der Waals surface area contributed by atoms with Crippen LogP contribution in [-0.2, 0) is 16.4 Å². The summed E-state index contributed by atoms with van der Waals surface area (Å²) in [5, 5.41) is 3.56. The molecule has 0 spiro atoms. The minimum Gasteiger partial charge on any atom is -0.366 e. The van der Waals surface area contributed by atoms with Gasteiger partial charge in [0.1, 0.15) is 0 Å². The molecule has 6 nitrogen and oxygen atoms in total. The van der Waals surface area contributed by atoms with Crippen LogP contribution in [0.15, 0.2) is 4.73 Å². The summed E-state index contributed by atoms with van der Waals surface area (Å²) in [7, 11) is -2.94. The third-order valence-electron chi connectivity index (χ3n) is 2.48. The van der Waals surface area contributed by atoms with Gasteiger partial charge in [-0.1, -0.05) is 0 Å². The number of rotatable bonds is 2. The molecule has 1 unspecified atom stereocenters. The molecule has 1 aromatic heterocycles. The van der Waals surface area contributed by atoms with Crippen LogP contribution in [0, 0.1) is 0 Å². The van der Waals surface area contributed by atoms with E-state index in [-0.39, 0.29) is 17.0 Å². The van der Waals surface area contributed by atoms with Crippen LogP contribution in [0.5, 0.6) is 0 Å². The lowest BCUT2D eigenvalue weighted by Crippen LogP contribution is -2.23. The van der Waals surface area contributed by atoms with E-state index < -0.39 is 9.84 Å². The monoisotopic (exact) mass is 294 g/mol. The van der Waals surface area contributed by atoms with Crippen LogP contribution in [0.4, 0.5) is 5.95 Å². The van der Waals surface area contributed by atoms with Gasteiger partial charge in [-0.15, -0.1) is 5.10 Å². The molecule has 0 aliphatic carbocycles. The standard InChI is InChI=1S/C7H11BrN4O2S/c8-6-10-7(9)11-12(6)4-5-2-1-3-15(5,13)14/h5H,1-4H2,(H2,9,11). The van der Waals surface area contributed by atoms with Crippen LogP contribution in [-0.4, -0.2) is 34.2 Å². The van der Waals surface area contributed by atoms with Crippen molar-refractivity contribution in [3.05, 3.63) is 4.73 Å². The lowest BCUT2D eigenvalue weighted by atomic mass is 10.2. The molecule has 0 aromatic carbocycles. The maximum absolute atomic E-state index is 11.6. The van der Waals surface area contributed by atoms with Crippen molar-refractivity contribution < 1.29 is 8.42 Å². The Morgan fingerprint density at radius 1 is 1.60 bits per heavy atom. The smallest absolute Gasteiger partial charge is 0.240 e. The summed E-state index contributed by atoms with van der Waals surface area (Å²) in [4.78, 5) is 3.85. The zero-order chi connectivity index (χ0) is 11.1. The van der Waals surface area contributed by atoms with Gasteiger partial charge in [-0.05, 0) is 28.8 Å². The minimum atomic E-state index is -2.94. The van der Waals surface area contributed by atoms with Gasteiger partial charge in [0.25, 0.3) is 0 Å². The van der Waals surface area contributed by atoms with Crippen molar-refractivity contribution in [1.82, 2.24) is 14.8 Å². The highest BCUT2D eigenvalue weighted by atomic mass is 79.9. The van der Waals surface area contributed by atoms with Crippen LogP contribution in [0.3, 0.4) is 0 Å². The van der Waals surface area contributed by atoms with E-state index in [1.807, 2.05) is 0 Å². The molecule has 0 bridgehead atoms. The fourth-order valence-electron chi connectivity index (χ4n) is 1.71. The molecular weight excluding hydrogens is 284 g/mol. The van der Waals surface area contributed by atoms with E-state index in [0.717, 1.165) is 6.42 Å². The van der Waals surface area contributed by atoms with Gasteiger partial charge in [-0.25, -0.2) is 13.1 Å². The van der Waals surface area contributed by atoms with Gasteiger partial charge in [0.15, 0.2) is 14.6 Å². The lowest BCUT2D eigenvalue weighted by Gasteiger charge is -2.08. The molecule has 0 saturated carbocycles. The van der Waals surface area contributed by atoms with E-state index in [2.05, 4.69) is 26.0 Å². The Kier molecular flexibility index (Phi) is 2.72. The quantitative estimate of drug-likeness (QED) is 0.841. The second-order valence-electron chi connectivity index (χ2n) is 3.55. The number of hydrogen-bond donors (Lipinski definition) is 1. The summed E-state index contributed by atoms with van der Waals surface area (Å²) in [6.45, 7) is 0.327. The first-order valence-corrected chi connectivity index (χ1v) is 7.07. The van der Waals surface area contributed by atoms with Gasteiger partial charge in [-0.3, -0.25) is 0 Å². The average Bonchev–Trinajstić information content (AvgIpc) is 2.58. The van der Waals surface area contributed by atoms with E-state index >= 15 is 0 Å². The molecule has 0 radical (unpaired) electrons. The van der Waals surface area contributed by atoms with Crippen LogP contribution in [0.2, 0.25) is 0 Å². The van der Waals surface area contributed by atoms with Crippen LogP contribution in [0.25, 0.3) is 0 Å². The Bertz CT molecular complexity index is 469. The van der Waals surface area contributed by atoms with Crippen molar-refractivity contribution in [3.63, 3.8) is 0 Å². The first-order chi connectivity index (χ1) is 6.99. The predicted octanol–water partition coefficient (Wildman–Crippen LogP) is 0.200. The van der Waals surface area contributed by atoms with Crippen LogP contribution >= 0.6 is 15.9 Å². The number of nitrogens with zero attached hydrogens (tertiary/aromatic N) is 3. The largest absolute Gasteiger partial charge is 0.366 e. The Balaban J connectivity index is 2.19. The Hall–Kier alpha value is -0.630. The fourth-order valence-corrected chi connectivity index (χ4v) is 3.91. The van der Waals surface area contributed by atoms with Crippen LogP contribution in [0.1, 0.15) is 12.8 Å². The van der Waals surface area contributed by atoms with Gasteiger partial charge in [0.05, 0.1) is 17.5 Å². The summed E-state index contributed by atoms with van der Waals surface area (Å²) < 4.78 is 25.1. The number of anilines is 1. The fraction of sp³-hybridized carbons (Fsp3) is 0.714. The van der Waals surface area contributed by atoms with Gasteiger partial charge < -0.3 is 5.73 Å². The van der Waals surface area contributed by atoms with Crippen LogP contribution < -0.4 is 5.73 Å². The maximum Gasteiger partial charge on any atom is 0.240 e. The van der Waals surface area contributed by atoms with E-state index in [9.17, 15) is 8.42 Å². The molecule has 1 saturated heterocycles. The van der Waals surface area contributed by atoms with E-state index in [0.29, 0.717) is 17.7 Å². The summed E-state index contributed by atoms with van der Waals surface area (Å²) >= 11 is 3.18. The number of hydrogen-bond acceptors (Lipinski definition) is 5. The van der Waals surface area contributed by atoms with Gasteiger partial charge >= 0.3 is 0 Å². The van der Waals surface area contributed by atoms with Crippen molar-refractivity contribution >= 4 is 31.7 Å². The van der Waals surface area contributed by atoms with E-state index in [4.69, 9.17) is 5.73 Å². The molecule has 84 valence electrons. The molecule has 1 aliphatic heterocycles. The molecule has 8 heteroatoms. The lowest BCUT2D eigenvalue weighted by molar-refractivity contribution is 0.535. The predicted molar refractivity (Wildman–Crippen MR) is 58.9 cm³/mol. The average molecular weight is 295 g/mol. The van der Waals surface area contributed by atoms with Gasteiger partial charge in [0.2, 0.25) is 5.95 Å². The molecule has 2 rings (SSSR count). The molecule has 1 fully saturated rings. The minimum absolute atomic E-state index is 0.150. The number of nitrogens with two attached hydrogens (primary N) is 1. The number of halogens is 1. The molecule has 2 N–H and O–H groups in total. The maximum atomic E-state index is 11.6. The van der Waals surface area contributed by atoms with Crippen molar-refractivity contribution in [2.75, 3.05) is 11.5 Å². The molecule has 2 heterocycles. The zero-order valence-electron chi connectivity index (χ0n) is 7.93. The van der Waals surface area contributed by atoms with Gasteiger partial charge in [0, 0.05) is 0 Å². The summed E-state index contributed by atoms with van der Waals surface area (Å²) in [6.07, 6.45) is 1.42. The normalized spacial score (nSPS) is 24.5. The second kappa shape index (κ2) is 3.75. The van der Waals surface area contributed by atoms with E-state index in [1.165, 1.54) is 4.68 Å². The number of nitrogen functional groups attached to an aromatic ring is 1. The molecular formula is C7H11BrN4O2S. The number of aromatic nitrogens is 3. The van der Waals surface area contributed by atoms with Crippen molar-refractivity contribution in [2.45, 2.75) is 24.6 Å². The second-order valence-corrected chi connectivity index (χ2v) is 6.66. The topological polar surface area (TPSA) is 90.9 Å². The Morgan fingerprint density at radius 2 is 2.33 bits per heavy atom. The van der Waals surface area contributed by atoms with Crippen molar-refractivity contribution in [2.24, 2.45) is 0 Å². The molecule has 1 atom stereocenters. The Morgan fingerprint density at radius 3 is 2.80 bits per heavy atom. The van der Waals surface area contributed by atoms with Crippen molar-refractivity contribution in [1.29, 1.82) is 0 Å². The molecule has 15 heavy (non-hydrogen) atoms. The number of sulfone groups is 1. The zero-order valence-corrected chi connectivity index (χ0v) is 10.3. The third-order valence-corrected chi connectivity index (χ3v) is 5.33. The molecule has 1 aromatic rings.